The van der Waals surface area contributed by atoms with Crippen molar-refractivity contribution in [3.63, 3.8) is 0 Å². The first kappa shape index (κ1) is 23.8. The van der Waals surface area contributed by atoms with Gasteiger partial charge in [-0.3, -0.25) is 14.4 Å². The van der Waals surface area contributed by atoms with Crippen LogP contribution >= 0.6 is 0 Å². The number of nitrogens with two attached hydrogens (primary N) is 3. The van der Waals surface area contributed by atoms with Crippen molar-refractivity contribution < 1.29 is 14.4 Å². The van der Waals surface area contributed by atoms with E-state index in [2.05, 4.69) is 15.6 Å². The van der Waals surface area contributed by atoms with Crippen LogP contribution in [0.1, 0.15) is 36.1 Å². The van der Waals surface area contributed by atoms with E-state index in [0.717, 1.165) is 11.1 Å². The Labute approximate surface area is 181 Å². The molecule has 3 amide bonds. The third-order valence-corrected chi connectivity index (χ3v) is 4.91. The summed E-state index contributed by atoms with van der Waals surface area (Å²) in [5.74, 6) is -1.05. The summed E-state index contributed by atoms with van der Waals surface area (Å²) in [7, 11) is 0. The number of hydrogen-bond donors (Lipinski definition) is 5. The Morgan fingerprint density at radius 1 is 1.03 bits per heavy atom. The summed E-state index contributed by atoms with van der Waals surface area (Å²) in [5, 5.41) is 5.41. The van der Waals surface area contributed by atoms with Crippen LogP contribution in [0.15, 0.2) is 42.5 Å². The van der Waals surface area contributed by atoms with Crippen LogP contribution in [-0.2, 0) is 27.3 Å². The molecule has 8 N–H and O–H groups in total. The van der Waals surface area contributed by atoms with Crippen molar-refractivity contribution >= 4 is 23.5 Å². The van der Waals surface area contributed by atoms with E-state index in [4.69, 9.17) is 17.2 Å². The molecule has 0 aliphatic rings. The molecule has 0 fully saturated rings. The molecule has 0 saturated heterocycles. The molecule has 0 saturated carbocycles. The van der Waals surface area contributed by atoms with Crippen LogP contribution in [0.4, 0.5) is 5.82 Å². The molecule has 0 aliphatic carbocycles. The summed E-state index contributed by atoms with van der Waals surface area (Å²) in [6.07, 6.45) is 1.10. The van der Waals surface area contributed by atoms with Crippen molar-refractivity contribution in [1.29, 1.82) is 0 Å². The van der Waals surface area contributed by atoms with Gasteiger partial charge in [0, 0.05) is 18.7 Å². The maximum Gasteiger partial charge on any atom is 0.242 e. The molecule has 9 nitrogen and oxygen atoms in total. The van der Waals surface area contributed by atoms with E-state index in [-0.39, 0.29) is 19.4 Å². The van der Waals surface area contributed by atoms with E-state index in [0.29, 0.717) is 24.4 Å². The Hall–Kier alpha value is -3.46. The number of aromatic nitrogens is 1. The Morgan fingerprint density at radius 3 is 2.39 bits per heavy atom. The summed E-state index contributed by atoms with van der Waals surface area (Å²) in [6.45, 7) is 2.00. The van der Waals surface area contributed by atoms with E-state index in [9.17, 15) is 14.4 Å². The van der Waals surface area contributed by atoms with Gasteiger partial charge in [-0.15, -0.1) is 0 Å². The van der Waals surface area contributed by atoms with Gasteiger partial charge in [-0.2, -0.15) is 0 Å². The molecule has 31 heavy (non-hydrogen) atoms. The highest BCUT2D eigenvalue weighted by molar-refractivity contribution is 5.90. The topological polar surface area (TPSA) is 166 Å². The standard InChI is InChI=1S/C22H30N6O3/c1-14-16(8-11-19(24)27-14)13-26-22(31)18(10-12-20(25)29)28-21(30)17(23)9-7-15-5-3-2-4-6-15/h2-6,8,11,17-18H,7,9-10,12-13,23H2,1H3,(H2,24,27)(H2,25,29)(H,26,31)(H,28,30)/t17-,18?/m1/s1. The summed E-state index contributed by atoms with van der Waals surface area (Å²) in [5.41, 5.74) is 19.4. The van der Waals surface area contributed by atoms with Crippen molar-refractivity contribution in [2.24, 2.45) is 11.5 Å². The molecular formula is C22H30N6O3. The Balaban J connectivity index is 1.94. The number of aryl methyl sites for hydroxylation is 2. The molecule has 1 heterocycles. The van der Waals surface area contributed by atoms with Crippen LogP contribution in [0.25, 0.3) is 0 Å². The summed E-state index contributed by atoms with van der Waals surface area (Å²) < 4.78 is 0. The van der Waals surface area contributed by atoms with Crippen LogP contribution in [0.5, 0.6) is 0 Å². The second kappa shape index (κ2) is 11.7. The zero-order valence-electron chi connectivity index (χ0n) is 17.6. The lowest BCUT2D eigenvalue weighted by molar-refractivity contribution is -0.130. The van der Waals surface area contributed by atoms with Crippen molar-refractivity contribution in [1.82, 2.24) is 15.6 Å². The summed E-state index contributed by atoms with van der Waals surface area (Å²) >= 11 is 0. The minimum absolute atomic E-state index is 0.0416. The van der Waals surface area contributed by atoms with Crippen LogP contribution in [0.3, 0.4) is 0 Å². The van der Waals surface area contributed by atoms with Gasteiger partial charge < -0.3 is 27.8 Å². The van der Waals surface area contributed by atoms with E-state index in [1.165, 1.54) is 0 Å². The average Bonchev–Trinajstić information content (AvgIpc) is 2.74. The monoisotopic (exact) mass is 426 g/mol. The number of amides is 3. The molecule has 1 aromatic heterocycles. The molecule has 0 spiro atoms. The fourth-order valence-corrected chi connectivity index (χ4v) is 3.03. The third-order valence-electron chi connectivity index (χ3n) is 4.91. The first-order valence-corrected chi connectivity index (χ1v) is 10.1. The zero-order chi connectivity index (χ0) is 22.8. The minimum Gasteiger partial charge on any atom is -0.384 e. The van der Waals surface area contributed by atoms with Gasteiger partial charge >= 0.3 is 0 Å². The average molecular weight is 427 g/mol. The van der Waals surface area contributed by atoms with Gasteiger partial charge in [0.25, 0.3) is 0 Å². The Kier molecular flexibility index (Phi) is 8.95. The van der Waals surface area contributed by atoms with Crippen molar-refractivity contribution in [3.8, 4) is 0 Å². The smallest absolute Gasteiger partial charge is 0.242 e. The van der Waals surface area contributed by atoms with Crippen LogP contribution in [0.2, 0.25) is 0 Å². The van der Waals surface area contributed by atoms with E-state index in [1.807, 2.05) is 30.3 Å². The number of nitrogen functional groups attached to an aromatic ring is 1. The number of rotatable bonds is 11. The fraction of sp³-hybridized carbons (Fsp3) is 0.364. The number of anilines is 1. The third kappa shape index (κ3) is 8.06. The molecule has 2 rings (SSSR count). The Morgan fingerprint density at radius 2 is 1.74 bits per heavy atom. The molecule has 0 aliphatic heterocycles. The van der Waals surface area contributed by atoms with Gasteiger partial charge in [-0.1, -0.05) is 36.4 Å². The van der Waals surface area contributed by atoms with Crippen molar-refractivity contribution in [2.45, 2.75) is 51.2 Å². The lowest BCUT2D eigenvalue weighted by Gasteiger charge is -2.20. The maximum absolute atomic E-state index is 12.7. The van der Waals surface area contributed by atoms with E-state index >= 15 is 0 Å². The molecule has 166 valence electrons. The predicted molar refractivity (Wildman–Crippen MR) is 118 cm³/mol. The van der Waals surface area contributed by atoms with E-state index in [1.54, 1.807) is 19.1 Å². The molecule has 1 unspecified atom stereocenters. The van der Waals surface area contributed by atoms with Gasteiger partial charge in [0.2, 0.25) is 17.7 Å². The van der Waals surface area contributed by atoms with E-state index < -0.39 is 29.8 Å². The maximum atomic E-state index is 12.7. The second-order valence-electron chi connectivity index (χ2n) is 7.40. The fourth-order valence-electron chi connectivity index (χ4n) is 3.03. The molecule has 9 heteroatoms. The first-order valence-electron chi connectivity index (χ1n) is 10.1. The van der Waals surface area contributed by atoms with Gasteiger partial charge in [0.1, 0.15) is 11.9 Å². The molecule has 2 aromatic rings. The minimum atomic E-state index is -0.926. The first-order chi connectivity index (χ1) is 14.8. The highest BCUT2D eigenvalue weighted by atomic mass is 16.2. The van der Waals surface area contributed by atoms with Crippen molar-refractivity contribution in [2.75, 3.05) is 5.73 Å². The normalized spacial score (nSPS) is 12.6. The molecule has 2 atom stereocenters. The highest BCUT2D eigenvalue weighted by Gasteiger charge is 2.24. The number of pyridine rings is 1. The number of nitrogens with zero attached hydrogens (tertiary/aromatic N) is 1. The van der Waals surface area contributed by atoms with Gasteiger partial charge in [-0.05, 0) is 43.4 Å². The largest absolute Gasteiger partial charge is 0.384 e. The van der Waals surface area contributed by atoms with Crippen LogP contribution < -0.4 is 27.8 Å². The molecule has 1 aromatic carbocycles. The van der Waals surface area contributed by atoms with Crippen molar-refractivity contribution in [3.05, 3.63) is 59.3 Å². The second-order valence-corrected chi connectivity index (χ2v) is 7.40. The number of benzene rings is 1. The number of primary amides is 1. The van der Waals surface area contributed by atoms with Gasteiger partial charge in [0.05, 0.1) is 6.04 Å². The summed E-state index contributed by atoms with van der Waals surface area (Å²) in [4.78, 5) is 40.6. The molecule has 0 bridgehead atoms. The predicted octanol–water partition coefficient (Wildman–Crippen LogP) is 0.299. The van der Waals surface area contributed by atoms with Gasteiger partial charge in [-0.25, -0.2) is 4.98 Å². The molecule has 0 radical (unpaired) electrons. The van der Waals surface area contributed by atoms with Gasteiger partial charge in [0.15, 0.2) is 0 Å². The lowest BCUT2D eigenvalue weighted by atomic mass is 10.0. The highest BCUT2D eigenvalue weighted by Crippen LogP contribution is 2.09. The summed E-state index contributed by atoms with van der Waals surface area (Å²) in [6, 6.07) is 11.4. The SMILES string of the molecule is Cc1nc(N)ccc1CNC(=O)C(CCC(N)=O)NC(=O)[C@H](N)CCc1ccccc1. The lowest BCUT2D eigenvalue weighted by Crippen LogP contribution is -2.51. The quantitative estimate of drug-likeness (QED) is 0.346. The Bertz CT molecular complexity index is 903. The number of carbonyl (C=O) groups excluding carboxylic acids is 3. The number of nitrogens with one attached hydrogen (secondary N) is 2. The number of hydrogen-bond acceptors (Lipinski definition) is 6. The number of carbonyl (C=O) groups is 3. The molecular weight excluding hydrogens is 396 g/mol. The zero-order valence-corrected chi connectivity index (χ0v) is 17.6. The van der Waals surface area contributed by atoms with Crippen LogP contribution in [-0.4, -0.2) is 34.8 Å². The van der Waals surface area contributed by atoms with Crippen LogP contribution in [0, 0.1) is 6.92 Å².